The zero-order chi connectivity index (χ0) is 24.3. The molecule has 2 N–H and O–H groups in total. The highest BCUT2D eigenvalue weighted by atomic mass is 16.5. The summed E-state index contributed by atoms with van der Waals surface area (Å²) in [5, 5.41) is 19.2. The van der Waals surface area contributed by atoms with Crippen LogP contribution < -0.4 is 4.74 Å². The fourth-order valence-corrected chi connectivity index (χ4v) is 3.56. The number of hydrogen-bond donors (Lipinski definition) is 2. The van der Waals surface area contributed by atoms with E-state index in [2.05, 4.69) is 11.6 Å². The van der Waals surface area contributed by atoms with Crippen molar-refractivity contribution in [3.05, 3.63) is 89.5 Å². The van der Waals surface area contributed by atoms with E-state index in [9.17, 15) is 14.7 Å². The van der Waals surface area contributed by atoms with E-state index in [-0.39, 0.29) is 11.5 Å². The number of nitrogens with zero attached hydrogens (tertiary/aromatic N) is 2. The maximum atomic E-state index is 13.5. The molecule has 0 aliphatic heterocycles. The van der Waals surface area contributed by atoms with E-state index in [0.717, 1.165) is 5.69 Å². The molecule has 7 heteroatoms. The van der Waals surface area contributed by atoms with E-state index in [1.54, 1.807) is 31.2 Å². The molecular weight excluding hydrogens is 420 g/mol. The molecule has 0 radical (unpaired) electrons. The van der Waals surface area contributed by atoms with Crippen LogP contribution in [-0.4, -0.2) is 37.6 Å². The molecular formula is C26H26N2O5. The average molecular weight is 447 g/mol. The zero-order valence-electron chi connectivity index (χ0n) is 19.0. The van der Waals surface area contributed by atoms with Gasteiger partial charge in [0.1, 0.15) is 17.2 Å². The Labute approximate surface area is 192 Å². The molecule has 1 unspecified atom stereocenters. The van der Waals surface area contributed by atoms with Crippen LogP contribution in [0.1, 0.15) is 35.6 Å². The van der Waals surface area contributed by atoms with E-state index >= 15 is 0 Å². The lowest BCUT2D eigenvalue weighted by Gasteiger charge is -2.13. The van der Waals surface area contributed by atoms with Gasteiger partial charge in [-0.25, -0.2) is 9.78 Å². The molecule has 2 aromatic heterocycles. The van der Waals surface area contributed by atoms with Gasteiger partial charge in [0.2, 0.25) is 0 Å². The fourth-order valence-electron chi connectivity index (χ4n) is 3.56. The first kappa shape index (κ1) is 23.5. The molecule has 3 rings (SSSR count). The lowest BCUT2D eigenvalue weighted by Crippen LogP contribution is -2.22. The van der Waals surface area contributed by atoms with Crippen LogP contribution in [0.2, 0.25) is 0 Å². The van der Waals surface area contributed by atoms with Crippen molar-refractivity contribution >= 4 is 22.8 Å². The molecule has 2 heterocycles. The number of carboxylic acid groups (broad SMARTS) is 1. The highest BCUT2D eigenvalue weighted by Crippen LogP contribution is 2.31. The van der Waals surface area contributed by atoms with Crippen molar-refractivity contribution in [1.82, 2.24) is 9.55 Å². The number of carbonyl (C=O) groups excluding carboxylic acids is 1. The number of aliphatic hydroxyl groups is 1. The van der Waals surface area contributed by atoms with Gasteiger partial charge in [-0.3, -0.25) is 9.36 Å². The number of aliphatic carboxylic acids is 1. The summed E-state index contributed by atoms with van der Waals surface area (Å²) >= 11 is 0. The maximum absolute atomic E-state index is 13.5. The second-order valence-corrected chi connectivity index (χ2v) is 7.61. The summed E-state index contributed by atoms with van der Waals surface area (Å²) in [7, 11) is 0. The molecule has 0 bridgehead atoms. The molecule has 0 fully saturated rings. The minimum atomic E-state index is -1.06. The maximum Gasteiger partial charge on any atom is 0.344 e. The van der Waals surface area contributed by atoms with Crippen LogP contribution in [0.4, 0.5) is 0 Å². The molecule has 0 saturated heterocycles. The molecule has 1 aromatic carbocycles. The summed E-state index contributed by atoms with van der Waals surface area (Å²) in [5.74, 6) is -1.03. The molecule has 0 amide bonds. The summed E-state index contributed by atoms with van der Waals surface area (Å²) in [6.07, 6.45) is 3.56. The molecule has 7 nitrogen and oxygen atoms in total. The summed E-state index contributed by atoms with van der Waals surface area (Å²) in [6.45, 7) is 10.3. The second kappa shape index (κ2) is 9.56. The van der Waals surface area contributed by atoms with E-state index in [4.69, 9.17) is 9.84 Å². The van der Waals surface area contributed by atoms with E-state index < -0.39 is 12.1 Å². The van der Waals surface area contributed by atoms with Gasteiger partial charge in [0.25, 0.3) is 0 Å². The van der Waals surface area contributed by atoms with Crippen LogP contribution in [0.15, 0.2) is 72.5 Å². The number of pyridine rings is 1. The lowest BCUT2D eigenvalue weighted by molar-refractivity contribution is -0.144. The van der Waals surface area contributed by atoms with Gasteiger partial charge in [-0.05, 0) is 64.1 Å². The monoisotopic (exact) mass is 446 g/mol. The third-order valence-corrected chi connectivity index (χ3v) is 5.18. The average Bonchev–Trinajstić information content (AvgIpc) is 3.04. The second-order valence-electron chi connectivity index (χ2n) is 7.61. The predicted octanol–water partition coefficient (Wildman–Crippen LogP) is 5.25. The Morgan fingerprint density at radius 2 is 1.88 bits per heavy atom. The number of aryl methyl sites for hydroxylation is 1. The molecule has 0 aliphatic rings. The minimum Gasteiger partial charge on any atom is -0.509 e. The van der Waals surface area contributed by atoms with Gasteiger partial charge in [-0.1, -0.05) is 18.7 Å². The van der Waals surface area contributed by atoms with Crippen molar-refractivity contribution in [2.45, 2.75) is 33.8 Å². The van der Waals surface area contributed by atoms with E-state index in [1.807, 2.05) is 36.6 Å². The minimum absolute atomic E-state index is 0.147. The van der Waals surface area contributed by atoms with Crippen molar-refractivity contribution in [1.29, 1.82) is 0 Å². The molecule has 0 aliphatic carbocycles. The number of benzene rings is 1. The standard InChI is InChI=1S/C26H26N2O5/c1-6-19(12-11-16(3)29)24(30)23-17(4)28(25-22(23)13-10-15(2)27-25)20-8-7-9-21(14-20)33-18(5)26(31)32/h6-14,18,29H,3H2,1-2,4-5H3,(H,31,32)/b12-11-,19-6+. The number of Topliss-reactive ketones (excluding diaryl/α,β-unsaturated/α-hetero) is 1. The molecule has 3 aromatic rings. The molecule has 0 saturated carbocycles. The molecule has 0 spiro atoms. The Kier molecular flexibility index (Phi) is 6.82. The fraction of sp³-hybridized carbons (Fsp3) is 0.192. The van der Waals surface area contributed by atoms with Crippen molar-refractivity contribution in [3.8, 4) is 11.4 Å². The highest BCUT2D eigenvalue weighted by molar-refractivity contribution is 6.18. The zero-order valence-corrected chi connectivity index (χ0v) is 19.0. The van der Waals surface area contributed by atoms with Crippen LogP contribution >= 0.6 is 0 Å². The normalized spacial score (nSPS) is 12.8. The van der Waals surface area contributed by atoms with Crippen LogP contribution in [0.3, 0.4) is 0 Å². The topological polar surface area (TPSA) is 102 Å². The SMILES string of the molecule is C=C(O)/C=C\C(=C/C)C(=O)c1c(C)n(-c2cccc(OC(C)C(=O)O)c2)c2nc(C)ccc12. The van der Waals surface area contributed by atoms with Crippen LogP contribution in [0.25, 0.3) is 16.7 Å². The highest BCUT2D eigenvalue weighted by Gasteiger charge is 2.23. The summed E-state index contributed by atoms with van der Waals surface area (Å²) in [5.41, 5.74) is 3.64. The number of carbonyl (C=O) groups is 2. The number of aromatic nitrogens is 2. The smallest absolute Gasteiger partial charge is 0.344 e. The van der Waals surface area contributed by atoms with E-state index in [1.165, 1.54) is 19.1 Å². The van der Waals surface area contributed by atoms with Gasteiger partial charge < -0.3 is 14.9 Å². The molecule has 170 valence electrons. The first-order valence-electron chi connectivity index (χ1n) is 10.4. The molecule has 33 heavy (non-hydrogen) atoms. The largest absolute Gasteiger partial charge is 0.509 e. The van der Waals surface area contributed by atoms with Crippen molar-refractivity contribution in [2.75, 3.05) is 0 Å². The Balaban J connectivity index is 2.20. The summed E-state index contributed by atoms with van der Waals surface area (Å²) in [6, 6.07) is 10.7. The van der Waals surface area contributed by atoms with Gasteiger partial charge in [0.15, 0.2) is 11.9 Å². The molecule has 1 atom stereocenters. The Bertz CT molecular complexity index is 1310. The van der Waals surface area contributed by atoms with Gasteiger partial charge >= 0.3 is 5.97 Å². The number of ketones is 1. The van der Waals surface area contributed by atoms with Gasteiger partial charge in [-0.2, -0.15) is 0 Å². The number of hydrogen-bond acceptors (Lipinski definition) is 5. The van der Waals surface area contributed by atoms with Crippen LogP contribution in [0, 0.1) is 13.8 Å². The summed E-state index contributed by atoms with van der Waals surface area (Å²) < 4.78 is 7.38. The Morgan fingerprint density at radius 3 is 2.52 bits per heavy atom. The Hall–Kier alpha value is -4.13. The van der Waals surface area contributed by atoms with Crippen LogP contribution in [-0.2, 0) is 4.79 Å². The lowest BCUT2D eigenvalue weighted by atomic mass is 10.0. The number of ether oxygens (including phenoxy) is 1. The third kappa shape index (κ3) is 4.87. The third-order valence-electron chi connectivity index (χ3n) is 5.18. The van der Waals surface area contributed by atoms with Gasteiger partial charge in [0, 0.05) is 28.4 Å². The Morgan fingerprint density at radius 1 is 1.15 bits per heavy atom. The summed E-state index contributed by atoms with van der Waals surface area (Å²) in [4.78, 5) is 29.3. The number of allylic oxidation sites excluding steroid dienone is 4. The number of carboxylic acids is 1. The first-order valence-corrected chi connectivity index (χ1v) is 10.4. The number of fused-ring (bicyclic) bond motifs is 1. The first-order chi connectivity index (χ1) is 15.6. The number of aliphatic hydroxyl groups excluding tert-OH is 1. The van der Waals surface area contributed by atoms with Gasteiger partial charge in [-0.15, -0.1) is 0 Å². The van der Waals surface area contributed by atoms with Crippen LogP contribution in [0.5, 0.6) is 5.75 Å². The van der Waals surface area contributed by atoms with Crippen molar-refractivity contribution < 1.29 is 24.5 Å². The number of rotatable bonds is 8. The predicted molar refractivity (Wildman–Crippen MR) is 127 cm³/mol. The van der Waals surface area contributed by atoms with E-state index in [0.29, 0.717) is 39.3 Å². The van der Waals surface area contributed by atoms with Gasteiger partial charge in [0.05, 0.1) is 11.3 Å². The van der Waals surface area contributed by atoms with Crippen molar-refractivity contribution in [3.63, 3.8) is 0 Å². The quantitative estimate of drug-likeness (QED) is 0.212. The van der Waals surface area contributed by atoms with Crippen molar-refractivity contribution in [2.24, 2.45) is 0 Å².